The Morgan fingerprint density at radius 2 is 2.00 bits per heavy atom. The number of carbonyl (C=O) groups is 3. The number of thioether (sulfide) groups is 1. The maximum Gasteiger partial charge on any atom is 0.305 e. The summed E-state index contributed by atoms with van der Waals surface area (Å²) in [5, 5.41) is 16.4. The SMILES string of the molecule is O=C(O)CCCN1C(=O)C(CC(=O)O)SC1=S. The van der Waals surface area contributed by atoms with Crippen molar-refractivity contribution in [2.45, 2.75) is 24.5 Å². The Hall–Kier alpha value is -1.15. The summed E-state index contributed by atoms with van der Waals surface area (Å²) in [6.45, 7) is 0.229. The second kappa shape index (κ2) is 5.97. The zero-order valence-electron chi connectivity index (χ0n) is 8.79. The third-order valence-corrected chi connectivity index (χ3v) is 3.72. The van der Waals surface area contributed by atoms with Gasteiger partial charge in [0.2, 0.25) is 5.91 Å². The maximum absolute atomic E-state index is 11.7. The van der Waals surface area contributed by atoms with Crippen molar-refractivity contribution in [1.29, 1.82) is 0 Å². The Labute approximate surface area is 107 Å². The van der Waals surface area contributed by atoms with Crippen LogP contribution >= 0.6 is 24.0 Å². The highest BCUT2D eigenvalue weighted by Crippen LogP contribution is 2.29. The van der Waals surface area contributed by atoms with Crippen LogP contribution in [0.5, 0.6) is 0 Å². The molecule has 0 aliphatic carbocycles. The first-order valence-corrected chi connectivity index (χ1v) is 6.16. The van der Waals surface area contributed by atoms with Gasteiger partial charge in [0.15, 0.2) is 0 Å². The van der Waals surface area contributed by atoms with Gasteiger partial charge < -0.3 is 10.2 Å². The van der Waals surface area contributed by atoms with Gasteiger partial charge in [0, 0.05) is 13.0 Å². The lowest BCUT2D eigenvalue weighted by atomic mass is 10.2. The normalized spacial score (nSPS) is 19.8. The van der Waals surface area contributed by atoms with Crippen molar-refractivity contribution in [3.63, 3.8) is 0 Å². The van der Waals surface area contributed by atoms with Gasteiger partial charge >= 0.3 is 11.9 Å². The monoisotopic (exact) mass is 277 g/mol. The van der Waals surface area contributed by atoms with Gasteiger partial charge in [-0.25, -0.2) is 0 Å². The molecule has 1 fully saturated rings. The Bertz CT molecular complexity index is 370. The highest BCUT2D eigenvalue weighted by atomic mass is 32.2. The van der Waals surface area contributed by atoms with Crippen LogP contribution in [0.2, 0.25) is 0 Å². The third-order valence-electron chi connectivity index (χ3n) is 2.14. The summed E-state index contributed by atoms with van der Waals surface area (Å²) in [6.07, 6.45) is 0.00128. The Morgan fingerprint density at radius 3 is 2.53 bits per heavy atom. The second-order valence-corrected chi connectivity index (χ2v) is 5.29. The van der Waals surface area contributed by atoms with E-state index in [4.69, 9.17) is 22.4 Å². The number of rotatable bonds is 6. The topological polar surface area (TPSA) is 94.9 Å². The summed E-state index contributed by atoms with van der Waals surface area (Å²) in [6, 6.07) is 0. The number of carboxylic acids is 2. The third kappa shape index (κ3) is 3.97. The van der Waals surface area contributed by atoms with Crippen LogP contribution in [-0.2, 0) is 14.4 Å². The number of nitrogens with zero attached hydrogens (tertiary/aromatic N) is 1. The number of hydrogen-bond donors (Lipinski definition) is 2. The molecule has 1 unspecified atom stereocenters. The summed E-state index contributed by atoms with van der Waals surface area (Å²) < 4.78 is 0.326. The second-order valence-electron chi connectivity index (χ2n) is 3.46. The molecule has 1 amide bonds. The molecule has 1 aliphatic rings. The molecule has 1 saturated heterocycles. The maximum atomic E-state index is 11.7. The van der Waals surface area contributed by atoms with Crippen molar-refractivity contribution < 1.29 is 24.6 Å². The number of carboxylic acid groups (broad SMARTS) is 2. The van der Waals surface area contributed by atoms with Crippen LogP contribution in [0.1, 0.15) is 19.3 Å². The van der Waals surface area contributed by atoms with Crippen LogP contribution in [0.3, 0.4) is 0 Å². The molecule has 0 aromatic heterocycles. The first-order valence-electron chi connectivity index (χ1n) is 4.87. The minimum absolute atomic E-state index is 0.0410. The number of thiocarbonyl (C=S) groups is 1. The molecule has 8 heteroatoms. The number of hydrogen-bond acceptors (Lipinski definition) is 5. The zero-order valence-corrected chi connectivity index (χ0v) is 10.4. The molecule has 94 valence electrons. The standard InChI is InChI=1S/C9H11NO5S2/c11-6(12)2-1-3-10-8(15)5(4-7(13)14)17-9(10)16/h5H,1-4H2,(H,11,12)(H,13,14). The van der Waals surface area contributed by atoms with Crippen molar-refractivity contribution in [1.82, 2.24) is 4.90 Å². The smallest absolute Gasteiger partial charge is 0.305 e. The average Bonchev–Trinajstić information content (AvgIpc) is 2.44. The van der Waals surface area contributed by atoms with Crippen molar-refractivity contribution in [2.24, 2.45) is 0 Å². The van der Waals surface area contributed by atoms with E-state index in [1.54, 1.807) is 0 Å². The fourth-order valence-corrected chi connectivity index (χ4v) is 2.91. The molecule has 1 heterocycles. The van der Waals surface area contributed by atoms with Crippen LogP contribution in [0.15, 0.2) is 0 Å². The summed E-state index contributed by atoms with van der Waals surface area (Å²) in [5.74, 6) is -2.32. The predicted molar refractivity (Wildman–Crippen MR) is 64.8 cm³/mol. The molecule has 0 spiro atoms. The predicted octanol–water partition coefficient (Wildman–Crippen LogP) is 0.555. The lowest BCUT2D eigenvalue weighted by molar-refractivity contribution is -0.139. The lowest BCUT2D eigenvalue weighted by Gasteiger charge is -2.14. The first kappa shape index (κ1) is 13.9. The minimum Gasteiger partial charge on any atom is -0.481 e. The van der Waals surface area contributed by atoms with E-state index in [1.807, 2.05) is 0 Å². The average molecular weight is 277 g/mol. The molecule has 0 bridgehead atoms. The fraction of sp³-hybridized carbons (Fsp3) is 0.556. The molecule has 17 heavy (non-hydrogen) atoms. The van der Waals surface area contributed by atoms with Gasteiger partial charge in [-0.15, -0.1) is 0 Å². The van der Waals surface area contributed by atoms with E-state index in [2.05, 4.69) is 0 Å². The molecule has 1 rings (SSSR count). The number of aliphatic carboxylic acids is 2. The summed E-state index contributed by atoms with van der Waals surface area (Å²) in [4.78, 5) is 33.9. The van der Waals surface area contributed by atoms with E-state index in [0.29, 0.717) is 10.7 Å². The quantitative estimate of drug-likeness (QED) is 0.685. The van der Waals surface area contributed by atoms with E-state index in [9.17, 15) is 14.4 Å². The Balaban J connectivity index is 2.50. The van der Waals surface area contributed by atoms with Crippen molar-refractivity contribution in [2.75, 3.05) is 6.54 Å². The van der Waals surface area contributed by atoms with Gasteiger partial charge in [-0.1, -0.05) is 24.0 Å². The van der Waals surface area contributed by atoms with Gasteiger partial charge in [0.1, 0.15) is 9.57 Å². The van der Waals surface area contributed by atoms with Crippen LogP contribution in [0.4, 0.5) is 0 Å². The molecule has 6 nitrogen and oxygen atoms in total. The van der Waals surface area contributed by atoms with Gasteiger partial charge in [-0.2, -0.15) is 0 Å². The van der Waals surface area contributed by atoms with Gasteiger partial charge in [-0.3, -0.25) is 19.3 Å². The zero-order chi connectivity index (χ0) is 13.0. The highest BCUT2D eigenvalue weighted by molar-refractivity contribution is 8.24. The van der Waals surface area contributed by atoms with Crippen LogP contribution in [0.25, 0.3) is 0 Å². The molecule has 1 aliphatic heterocycles. The summed E-state index contributed by atoms with van der Waals surface area (Å²) in [5.41, 5.74) is 0. The Kier molecular flexibility index (Phi) is 4.88. The van der Waals surface area contributed by atoms with Gasteiger partial charge in [0.05, 0.1) is 6.42 Å². The van der Waals surface area contributed by atoms with Crippen molar-refractivity contribution in [3.05, 3.63) is 0 Å². The molecule has 0 radical (unpaired) electrons. The molecule has 0 saturated carbocycles. The van der Waals surface area contributed by atoms with Crippen LogP contribution in [-0.4, -0.2) is 49.1 Å². The van der Waals surface area contributed by atoms with E-state index in [1.165, 1.54) is 4.90 Å². The van der Waals surface area contributed by atoms with Gasteiger partial charge in [0.25, 0.3) is 0 Å². The highest BCUT2D eigenvalue weighted by Gasteiger charge is 2.37. The molecule has 2 N–H and O–H groups in total. The summed E-state index contributed by atoms with van der Waals surface area (Å²) >= 11 is 6.00. The molecular formula is C9H11NO5S2. The summed E-state index contributed by atoms with van der Waals surface area (Å²) in [7, 11) is 0. The molecule has 0 aromatic carbocycles. The van der Waals surface area contributed by atoms with Crippen molar-refractivity contribution in [3.8, 4) is 0 Å². The largest absolute Gasteiger partial charge is 0.481 e. The van der Waals surface area contributed by atoms with E-state index < -0.39 is 17.2 Å². The Morgan fingerprint density at radius 1 is 1.35 bits per heavy atom. The van der Waals surface area contributed by atoms with E-state index in [0.717, 1.165) is 11.8 Å². The van der Waals surface area contributed by atoms with E-state index in [-0.39, 0.29) is 25.3 Å². The first-order chi connectivity index (χ1) is 7.91. The van der Waals surface area contributed by atoms with Crippen LogP contribution in [0, 0.1) is 0 Å². The fourth-order valence-electron chi connectivity index (χ4n) is 1.38. The minimum atomic E-state index is -1.05. The molecule has 0 aromatic rings. The van der Waals surface area contributed by atoms with E-state index >= 15 is 0 Å². The number of amides is 1. The molecular weight excluding hydrogens is 266 g/mol. The number of carbonyl (C=O) groups excluding carboxylic acids is 1. The van der Waals surface area contributed by atoms with Gasteiger partial charge in [-0.05, 0) is 6.42 Å². The van der Waals surface area contributed by atoms with Crippen LogP contribution < -0.4 is 0 Å². The van der Waals surface area contributed by atoms with Crippen molar-refractivity contribution >= 4 is 46.1 Å². The molecule has 1 atom stereocenters. The lowest BCUT2D eigenvalue weighted by Crippen LogP contribution is -2.33.